The zero-order chi connectivity index (χ0) is 14.3. The molecule has 3 rings (SSSR count). The predicted molar refractivity (Wildman–Crippen MR) is 79.1 cm³/mol. The van der Waals surface area contributed by atoms with Crippen molar-refractivity contribution < 1.29 is 9.50 Å². The van der Waals surface area contributed by atoms with Crippen molar-refractivity contribution in [3.63, 3.8) is 0 Å². The summed E-state index contributed by atoms with van der Waals surface area (Å²) in [4.78, 5) is 4.33. The van der Waals surface area contributed by atoms with E-state index in [4.69, 9.17) is 5.73 Å². The fourth-order valence-corrected chi connectivity index (χ4v) is 2.60. The Labute approximate surface area is 122 Å². The van der Waals surface area contributed by atoms with Crippen LogP contribution in [-0.4, -0.2) is 14.7 Å². The largest absolute Gasteiger partial charge is 0.399 e. The Morgan fingerprint density at radius 2 is 2.05 bits per heavy atom. The van der Waals surface area contributed by atoms with E-state index < -0.39 is 0 Å². The molecule has 3 N–H and O–H groups in total. The van der Waals surface area contributed by atoms with Crippen LogP contribution < -0.4 is 5.73 Å². The Morgan fingerprint density at radius 1 is 1.25 bits per heavy atom. The van der Waals surface area contributed by atoms with Crippen LogP contribution in [0.15, 0.2) is 40.9 Å². The number of nitrogens with zero attached hydrogens (tertiary/aromatic N) is 2. The summed E-state index contributed by atoms with van der Waals surface area (Å²) in [6.07, 6.45) is 0. The number of hydrogen-bond donors (Lipinski definition) is 2. The molecule has 0 saturated heterocycles. The van der Waals surface area contributed by atoms with Gasteiger partial charge in [0.25, 0.3) is 0 Å². The highest BCUT2D eigenvalue weighted by Gasteiger charge is 2.14. The average molecular weight is 336 g/mol. The lowest BCUT2D eigenvalue weighted by molar-refractivity contribution is 0.270. The van der Waals surface area contributed by atoms with E-state index in [1.807, 2.05) is 0 Å². The Morgan fingerprint density at radius 3 is 2.80 bits per heavy atom. The van der Waals surface area contributed by atoms with E-state index in [-0.39, 0.29) is 12.4 Å². The molecule has 0 unspecified atom stereocenters. The van der Waals surface area contributed by atoms with Gasteiger partial charge in [-0.2, -0.15) is 0 Å². The van der Waals surface area contributed by atoms with Gasteiger partial charge in [-0.25, -0.2) is 9.37 Å². The van der Waals surface area contributed by atoms with Gasteiger partial charge < -0.3 is 10.8 Å². The standard InChI is InChI=1S/C14H11BrFN3O/c15-10-3-1-8(16)5-13(10)19-12-4-2-9(17)6-11(12)18-14(19)7-20/h1-6,20H,7,17H2. The van der Waals surface area contributed by atoms with Gasteiger partial charge in [-0.1, -0.05) is 0 Å². The van der Waals surface area contributed by atoms with Crippen molar-refractivity contribution in [2.24, 2.45) is 0 Å². The number of imidazole rings is 1. The molecule has 0 radical (unpaired) electrons. The van der Waals surface area contributed by atoms with Gasteiger partial charge in [0, 0.05) is 10.2 Å². The van der Waals surface area contributed by atoms with Gasteiger partial charge in [0.05, 0.1) is 16.7 Å². The first kappa shape index (κ1) is 13.1. The second kappa shape index (κ2) is 4.88. The highest BCUT2D eigenvalue weighted by Crippen LogP contribution is 2.28. The molecule has 0 bridgehead atoms. The van der Waals surface area contributed by atoms with E-state index >= 15 is 0 Å². The van der Waals surface area contributed by atoms with Gasteiger partial charge in [-0.05, 0) is 52.3 Å². The van der Waals surface area contributed by atoms with E-state index in [9.17, 15) is 9.50 Å². The maximum absolute atomic E-state index is 13.5. The minimum Gasteiger partial charge on any atom is -0.399 e. The molecule has 0 atom stereocenters. The van der Waals surface area contributed by atoms with Crippen LogP contribution in [0, 0.1) is 5.82 Å². The maximum Gasteiger partial charge on any atom is 0.140 e. The first-order chi connectivity index (χ1) is 9.60. The summed E-state index contributed by atoms with van der Waals surface area (Å²) in [5.74, 6) is 0.0706. The van der Waals surface area contributed by atoms with Crippen molar-refractivity contribution in [3.05, 3.63) is 52.5 Å². The molecule has 6 heteroatoms. The molecule has 20 heavy (non-hydrogen) atoms. The zero-order valence-corrected chi connectivity index (χ0v) is 11.9. The number of nitrogens with two attached hydrogens (primary N) is 1. The molecular weight excluding hydrogens is 325 g/mol. The summed E-state index contributed by atoms with van der Waals surface area (Å²) in [6.45, 7) is -0.252. The topological polar surface area (TPSA) is 64.1 Å². The highest BCUT2D eigenvalue weighted by atomic mass is 79.9. The van der Waals surface area contributed by atoms with Gasteiger partial charge in [0.1, 0.15) is 18.2 Å². The number of benzene rings is 2. The molecule has 0 fully saturated rings. The molecule has 0 spiro atoms. The lowest BCUT2D eigenvalue weighted by Crippen LogP contribution is -2.02. The number of hydrogen-bond acceptors (Lipinski definition) is 3. The quantitative estimate of drug-likeness (QED) is 0.707. The average Bonchev–Trinajstić information content (AvgIpc) is 2.78. The third kappa shape index (κ3) is 2.07. The number of halogens is 2. The van der Waals surface area contributed by atoms with Gasteiger partial charge in [-0.15, -0.1) is 0 Å². The van der Waals surface area contributed by atoms with Crippen LogP contribution in [0.2, 0.25) is 0 Å². The van der Waals surface area contributed by atoms with E-state index in [0.29, 0.717) is 27.2 Å². The number of anilines is 1. The van der Waals surface area contributed by atoms with Crippen LogP contribution in [0.3, 0.4) is 0 Å². The summed E-state index contributed by atoms with van der Waals surface area (Å²) in [5, 5.41) is 9.49. The third-order valence-corrected chi connectivity index (χ3v) is 3.71. The van der Waals surface area contributed by atoms with Crippen molar-refractivity contribution in [1.82, 2.24) is 9.55 Å². The lowest BCUT2D eigenvalue weighted by atomic mass is 10.2. The van der Waals surface area contributed by atoms with Crippen molar-refractivity contribution in [1.29, 1.82) is 0 Å². The minimum atomic E-state index is -0.357. The normalized spacial score (nSPS) is 11.2. The number of nitrogen functional groups attached to an aromatic ring is 1. The zero-order valence-electron chi connectivity index (χ0n) is 10.3. The third-order valence-electron chi connectivity index (χ3n) is 3.04. The molecule has 3 aromatic rings. The fourth-order valence-electron chi connectivity index (χ4n) is 2.18. The molecule has 2 aromatic carbocycles. The van der Waals surface area contributed by atoms with E-state index in [0.717, 1.165) is 5.52 Å². The summed E-state index contributed by atoms with van der Waals surface area (Å²) >= 11 is 3.39. The summed E-state index contributed by atoms with van der Waals surface area (Å²) in [5.41, 5.74) is 8.33. The summed E-state index contributed by atoms with van der Waals surface area (Å²) in [6, 6.07) is 9.64. The highest BCUT2D eigenvalue weighted by molar-refractivity contribution is 9.10. The Hall–Kier alpha value is -1.92. The van der Waals surface area contributed by atoms with Crippen LogP contribution in [0.4, 0.5) is 10.1 Å². The first-order valence-electron chi connectivity index (χ1n) is 5.93. The number of aromatic nitrogens is 2. The molecule has 1 aromatic heterocycles. The van der Waals surface area contributed by atoms with Crippen molar-refractivity contribution in [2.45, 2.75) is 6.61 Å². The van der Waals surface area contributed by atoms with E-state index in [1.165, 1.54) is 12.1 Å². The monoisotopic (exact) mass is 335 g/mol. The Bertz CT molecular complexity index is 800. The number of aliphatic hydroxyl groups excluding tert-OH is 1. The van der Waals surface area contributed by atoms with Crippen LogP contribution in [0.5, 0.6) is 0 Å². The van der Waals surface area contributed by atoms with Crippen LogP contribution in [0.1, 0.15) is 5.82 Å². The molecule has 0 amide bonds. The molecule has 102 valence electrons. The molecular formula is C14H11BrFN3O. The molecule has 1 heterocycles. The van der Waals surface area contributed by atoms with Crippen molar-refractivity contribution in [2.75, 3.05) is 5.73 Å². The van der Waals surface area contributed by atoms with E-state index in [2.05, 4.69) is 20.9 Å². The first-order valence-corrected chi connectivity index (χ1v) is 6.72. The number of fused-ring (bicyclic) bond motifs is 1. The second-order valence-electron chi connectivity index (χ2n) is 4.37. The van der Waals surface area contributed by atoms with Crippen molar-refractivity contribution in [3.8, 4) is 5.69 Å². The summed E-state index contributed by atoms with van der Waals surface area (Å²) < 4.78 is 15.9. The van der Waals surface area contributed by atoms with Gasteiger partial charge in [-0.3, -0.25) is 4.57 Å². The van der Waals surface area contributed by atoms with Crippen LogP contribution in [-0.2, 0) is 6.61 Å². The van der Waals surface area contributed by atoms with Crippen LogP contribution in [0.25, 0.3) is 16.7 Å². The smallest absolute Gasteiger partial charge is 0.140 e. The van der Waals surface area contributed by atoms with Crippen molar-refractivity contribution >= 4 is 32.7 Å². The van der Waals surface area contributed by atoms with Gasteiger partial charge >= 0.3 is 0 Å². The van der Waals surface area contributed by atoms with E-state index in [1.54, 1.807) is 28.8 Å². The molecule has 4 nitrogen and oxygen atoms in total. The number of rotatable bonds is 2. The Kier molecular flexibility index (Phi) is 3.19. The molecule has 0 aliphatic heterocycles. The molecule has 0 aliphatic carbocycles. The SMILES string of the molecule is Nc1ccc2c(c1)nc(CO)n2-c1cc(F)ccc1Br. The van der Waals surface area contributed by atoms with Gasteiger partial charge in [0.2, 0.25) is 0 Å². The summed E-state index contributed by atoms with van der Waals surface area (Å²) in [7, 11) is 0. The number of aliphatic hydroxyl groups is 1. The van der Waals surface area contributed by atoms with Gasteiger partial charge in [0.15, 0.2) is 0 Å². The molecule has 0 saturated carbocycles. The van der Waals surface area contributed by atoms with Crippen LogP contribution >= 0.6 is 15.9 Å². The lowest BCUT2D eigenvalue weighted by Gasteiger charge is -2.10. The molecule has 0 aliphatic rings. The fraction of sp³-hybridized carbons (Fsp3) is 0.0714. The minimum absolute atomic E-state index is 0.252. The predicted octanol–water partition coefficient (Wildman–Crippen LogP) is 3.00. The maximum atomic E-state index is 13.5. The second-order valence-corrected chi connectivity index (χ2v) is 5.22. The Balaban J connectivity index is 2.37.